The van der Waals surface area contributed by atoms with Crippen molar-refractivity contribution in [2.24, 2.45) is 0 Å². The summed E-state index contributed by atoms with van der Waals surface area (Å²) in [5.74, 6) is 0.0760. The van der Waals surface area contributed by atoms with Gasteiger partial charge in [-0.3, -0.25) is 14.5 Å². The van der Waals surface area contributed by atoms with Gasteiger partial charge in [-0.2, -0.15) is 0 Å². The fourth-order valence-electron chi connectivity index (χ4n) is 3.12. The molecule has 0 radical (unpaired) electrons. The third kappa shape index (κ3) is 4.67. The Hall–Kier alpha value is -1.37. The van der Waals surface area contributed by atoms with Gasteiger partial charge in [0, 0.05) is 31.1 Å². The predicted octanol–water partition coefficient (Wildman–Crippen LogP) is 4.33. The average molecular weight is 409 g/mol. The molecule has 0 saturated carbocycles. The highest BCUT2D eigenvalue weighted by molar-refractivity contribution is 8.26. The van der Waals surface area contributed by atoms with Gasteiger partial charge in [-0.25, -0.2) is 0 Å². The van der Waals surface area contributed by atoms with Crippen LogP contribution >= 0.6 is 35.6 Å². The molecule has 2 saturated heterocycles. The van der Waals surface area contributed by atoms with Crippen LogP contribution in [-0.4, -0.2) is 45.6 Å². The SMILES string of the molecule is O=C(CCCN1C(=O)C(=Cc2ccccc2Cl)SC1=S)N1CCCCC1. The fraction of sp³-hybridized carbons (Fsp3) is 0.421. The van der Waals surface area contributed by atoms with E-state index in [-0.39, 0.29) is 11.8 Å². The Labute approximate surface area is 168 Å². The molecule has 0 aromatic heterocycles. The molecule has 0 atom stereocenters. The lowest BCUT2D eigenvalue weighted by Gasteiger charge is -2.27. The first-order valence-electron chi connectivity index (χ1n) is 8.84. The Morgan fingerprint density at radius 1 is 1.23 bits per heavy atom. The van der Waals surface area contributed by atoms with Gasteiger partial charge in [0.2, 0.25) is 5.91 Å². The average Bonchev–Trinajstić information content (AvgIpc) is 2.91. The number of nitrogens with zero attached hydrogens (tertiary/aromatic N) is 2. The molecule has 2 aliphatic rings. The summed E-state index contributed by atoms with van der Waals surface area (Å²) in [6, 6.07) is 7.39. The number of benzene rings is 1. The number of likely N-dealkylation sites (tertiary alicyclic amines) is 1. The van der Waals surface area contributed by atoms with Crippen molar-refractivity contribution < 1.29 is 9.59 Å². The number of thiocarbonyl (C=S) groups is 1. The van der Waals surface area contributed by atoms with Gasteiger partial charge >= 0.3 is 0 Å². The molecular formula is C19H21ClN2O2S2. The summed E-state index contributed by atoms with van der Waals surface area (Å²) >= 11 is 12.8. The summed E-state index contributed by atoms with van der Waals surface area (Å²) in [4.78, 5) is 29.0. The summed E-state index contributed by atoms with van der Waals surface area (Å²) in [6.45, 7) is 2.20. The summed E-state index contributed by atoms with van der Waals surface area (Å²) in [7, 11) is 0. The Morgan fingerprint density at radius 2 is 1.96 bits per heavy atom. The van der Waals surface area contributed by atoms with E-state index in [0.717, 1.165) is 31.5 Å². The molecule has 0 N–H and O–H groups in total. The molecule has 0 bridgehead atoms. The first-order valence-corrected chi connectivity index (χ1v) is 10.4. The maximum Gasteiger partial charge on any atom is 0.266 e. The van der Waals surface area contributed by atoms with Gasteiger partial charge in [-0.1, -0.05) is 53.8 Å². The number of piperidine rings is 1. The van der Waals surface area contributed by atoms with Crippen molar-refractivity contribution in [3.63, 3.8) is 0 Å². The second-order valence-electron chi connectivity index (χ2n) is 6.40. The quantitative estimate of drug-likeness (QED) is 0.537. The highest BCUT2D eigenvalue weighted by Gasteiger charge is 2.32. The zero-order valence-electron chi connectivity index (χ0n) is 14.4. The van der Waals surface area contributed by atoms with Crippen molar-refractivity contribution in [2.75, 3.05) is 19.6 Å². The molecule has 1 aromatic rings. The maximum atomic E-state index is 12.6. The standard InChI is InChI=1S/C19H21ClN2O2S2/c20-15-8-3-2-7-14(15)13-16-18(24)22(19(25)26-16)12-6-9-17(23)21-10-4-1-5-11-21/h2-3,7-8,13H,1,4-6,9-12H2. The van der Waals surface area contributed by atoms with Crippen LogP contribution in [0.4, 0.5) is 0 Å². The second kappa shape index (κ2) is 9.02. The van der Waals surface area contributed by atoms with Crippen LogP contribution in [0.1, 0.15) is 37.7 Å². The Morgan fingerprint density at radius 3 is 2.69 bits per heavy atom. The number of hydrogen-bond donors (Lipinski definition) is 0. The lowest BCUT2D eigenvalue weighted by Crippen LogP contribution is -2.36. The Bertz CT molecular complexity index is 745. The van der Waals surface area contributed by atoms with Crippen molar-refractivity contribution in [1.82, 2.24) is 9.80 Å². The summed E-state index contributed by atoms with van der Waals surface area (Å²) in [5.41, 5.74) is 0.801. The topological polar surface area (TPSA) is 40.6 Å². The smallest absolute Gasteiger partial charge is 0.266 e. The van der Waals surface area contributed by atoms with Gasteiger partial charge < -0.3 is 4.90 Å². The molecule has 2 fully saturated rings. The molecule has 26 heavy (non-hydrogen) atoms. The third-order valence-electron chi connectivity index (χ3n) is 4.55. The Kier molecular flexibility index (Phi) is 6.73. The lowest BCUT2D eigenvalue weighted by molar-refractivity contribution is -0.132. The molecule has 2 heterocycles. The molecule has 0 aliphatic carbocycles. The molecule has 3 rings (SSSR count). The number of halogens is 1. The first kappa shape index (κ1) is 19.4. The normalized spacial score (nSPS) is 19.5. The maximum absolute atomic E-state index is 12.6. The minimum absolute atomic E-state index is 0.106. The number of rotatable bonds is 5. The van der Waals surface area contributed by atoms with E-state index >= 15 is 0 Å². The van der Waals surface area contributed by atoms with E-state index in [2.05, 4.69) is 0 Å². The molecule has 2 amide bonds. The van der Waals surface area contributed by atoms with Gasteiger partial charge in [-0.05, 0) is 43.4 Å². The van der Waals surface area contributed by atoms with Gasteiger partial charge in [0.1, 0.15) is 4.32 Å². The minimum atomic E-state index is -0.106. The second-order valence-corrected chi connectivity index (χ2v) is 8.48. The summed E-state index contributed by atoms with van der Waals surface area (Å²) in [6.07, 6.45) is 6.25. The van der Waals surface area contributed by atoms with Crippen molar-refractivity contribution in [1.29, 1.82) is 0 Å². The highest BCUT2D eigenvalue weighted by Crippen LogP contribution is 2.33. The molecule has 138 valence electrons. The van der Waals surface area contributed by atoms with Gasteiger partial charge in [-0.15, -0.1) is 0 Å². The lowest BCUT2D eigenvalue weighted by atomic mass is 10.1. The van der Waals surface area contributed by atoms with Crippen LogP contribution in [0.15, 0.2) is 29.2 Å². The van der Waals surface area contributed by atoms with Gasteiger partial charge in [0.15, 0.2) is 0 Å². The largest absolute Gasteiger partial charge is 0.343 e. The predicted molar refractivity (Wildman–Crippen MR) is 111 cm³/mol. The third-order valence-corrected chi connectivity index (χ3v) is 6.27. The van der Waals surface area contributed by atoms with E-state index in [0.29, 0.717) is 33.6 Å². The number of carbonyl (C=O) groups excluding carboxylic acids is 2. The van der Waals surface area contributed by atoms with Gasteiger partial charge in [0.25, 0.3) is 5.91 Å². The van der Waals surface area contributed by atoms with Crippen molar-refractivity contribution in [3.05, 3.63) is 39.8 Å². The minimum Gasteiger partial charge on any atom is -0.343 e. The number of carbonyl (C=O) groups is 2. The Balaban J connectivity index is 1.56. The number of hydrogen-bond acceptors (Lipinski definition) is 4. The zero-order valence-corrected chi connectivity index (χ0v) is 16.8. The zero-order chi connectivity index (χ0) is 18.5. The van der Waals surface area contributed by atoms with Crippen molar-refractivity contribution in [2.45, 2.75) is 32.1 Å². The van der Waals surface area contributed by atoms with Crippen LogP contribution in [0, 0.1) is 0 Å². The number of amides is 2. The van der Waals surface area contributed by atoms with Crippen molar-refractivity contribution >= 4 is 57.8 Å². The summed E-state index contributed by atoms with van der Waals surface area (Å²) in [5, 5.41) is 0.602. The molecule has 7 heteroatoms. The van der Waals surface area contributed by atoms with Crippen LogP contribution in [0.2, 0.25) is 5.02 Å². The summed E-state index contributed by atoms with van der Waals surface area (Å²) < 4.78 is 0.540. The van der Waals surface area contributed by atoms with Crippen LogP contribution < -0.4 is 0 Å². The highest BCUT2D eigenvalue weighted by atomic mass is 35.5. The fourth-order valence-corrected chi connectivity index (χ4v) is 4.61. The van der Waals surface area contributed by atoms with E-state index in [1.165, 1.54) is 18.2 Å². The number of thioether (sulfide) groups is 1. The van der Waals surface area contributed by atoms with E-state index in [4.69, 9.17) is 23.8 Å². The van der Waals surface area contributed by atoms with Gasteiger partial charge in [0.05, 0.1) is 4.91 Å². The molecule has 4 nitrogen and oxygen atoms in total. The monoisotopic (exact) mass is 408 g/mol. The van der Waals surface area contributed by atoms with E-state index in [1.54, 1.807) is 17.0 Å². The molecule has 0 unspecified atom stereocenters. The molecular weight excluding hydrogens is 388 g/mol. The first-order chi connectivity index (χ1) is 12.6. The van der Waals surface area contributed by atoms with Crippen LogP contribution in [0.3, 0.4) is 0 Å². The van der Waals surface area contributed by atoms with E-state index in [1.807, 2.05) is 23.1 Å². The van der Waals surface area contributed by atoms with Crippen molar-refractivity contribution in [3.8, 4) is 0 Å². The molecule has 2 aliphatic heterocycles. The van der Waals surface area contributed by atoms with Crippen LogP contribution in [0.25, 0.3) is 6.08 Å². The molecule has 1 aromatic carbocycles. The van der Waals surface area contributed by atoms with E-state index < -0.39 is 0 Å². The van der Waals surface area contributed by atoms with Crippen LogP contribution in [-0.2, 0) is 9.59 Å². The van der Waals surface area contributed by atoms with E-state index in [9.17, 15) is 9.59 Å². The molecule has 0 spiro atoms. The van der Waals surface area contributed by atoms with Crippen LogP contribution in [0.5, 0.6) is 0 Å².